The van der Waals surface area contributed by atoms with Gasteiger partial charge in [-0.3, -0.25) is 0 Å². The molecule has 0 saturated carbocycles. The van der Waals surface area contributed by atoms with Crippen LogP contribution in [0.2, 0.25) is 23.3 Å². The Kier molecular flexibility index (Phi) is 3.96. The number of hydrogen-bond donors (Lipinski definition) is 0. The summed E-state index contributed by atoms with van der Waals surface area (Å²) >= 11 is 6.03. The van der Waals surface area contributed by atoms with Gasteiger partial charge in [0.25, 0.3) is 0 Å². The molecule has 0 amide bonds. The number of rotatable bonds is 3. The van der Waals surface area contributed by atoms with Gasteiger partial charge in [0.1, 0.15) is 0 Å². The molecule has 1 aromatic rings. The van der Waals surface area contributed by atoms with Gasteiger partial charge in [-0.05, 0) is 24.2 Å². The molecule has 19 heavy (non-hydrogen) atoms. The van der Waals surface area contributed by atoms with Crippen LogP contribution in [0, 0.1) is 0 Å². The van der Waals surface area contributed by atoms with E-state index >= 15 is 0 Å². The summed E-state index contributed by atoms with van der Waals surface area (Å²) in [7, 11) is -1.71. The summed E-state index contributed by atoms with van der Waals surface area (Å²) in [5.41, 5.74) is 1.12. The second-order valence-corrected chi connectivity index (χ2v) is 11.8. The lowest BCUT2D eigenvalue weighted by Gasteiger charge is -2.36. The van der Waals surface area contributed by atoms with Gasteiger partial charge in [0.15, 0.2) is 19.2 Å². The summed E-state index contributed by atoms with van der Waals surface area (Å²) in [6, 6.07) is 1.98. The maximum atomic E-state index is 6.27. The van der Waals surface area contributed by atoms with Crippen LogP contribution < -0.4 is 4.74 Å². The summed E-state index contributed by atoms with van der Waals surface area (Å²) < 4.78 is 11.9. The fourth-order valence-electron chi connectivity index (χ4n) is 1.84. The number of fused-ring (bicyclic) bond motifs is 1. The predicted octanol–water partition coefficient (Wildman–Crippen LogP) is 4.23. The molecule has 106 valence electrons. The van der Waals surface area contributed by atoms with Crippen molar-refractivity contribution in [2.24, 2.45) is 0 Å². The highest BCUT2D eigenvalue weighted by Gasteiger charge is 2.38. The largest absolute Gasteiger partial charge is 0.489 e. The normalized spacial score (nSPS) is 19.2. The fraction of sp³-hybridized carbons (Fsp3) is 0.643. The monoisotopic (exact) mass is 299 g/mol. The van der Waals surface area contributed by atoms with E-state index in [9.17, 15) is 0 Å². The topological polar surface area (TPSA) is 31.4 Å². The Morgan fingerprint density at radius 1 is 1.47 bits per heavy atom. The molecular weight excluding hydrogens is 278 g/mol. The standard InChI is InChI=1S/C14H22ClNO2Si/c1-14(2,3)19(4,5)18-9-10-8-17-12-11(10)6-7-16-13(12)15/h6-7,10H,8-9H2,1-5H3. The minimum Gasteiger partial charge on any atom is -0.489 e. The number of ether oxygens (including phenoxy) is 1. The number of halogens is 1. The first kappa shape index (κ1) is 14.8. The van der Waals surface area contributed by atoms with Gasteiger partial charge in [-0.1, -0.05) is 32.4 Å². The fourth-order valence-corrected chi connectivity index (χ4v) is 3.11. The van der Waals surface area contributed by atoms with E-state index in [-0.39, 0.29) is 11.0 Å². The molecular formula is C14H22ClNO2Si. The molecule has 0 aromatic carbocycles. The maximum Gasteiger partial charge on any atom is 0.192 e. The van der Waals surface area contributed by atoms with Gasteiger partial charge < -0.3 is 9.16 Å². The van der Waals surface area contributed by atoms with Gasteiger partial charge in [-0.2, -0.15) is 0 Å². The van der Waals surface area contributed by atoms with Crippen molar-refractivity contribution in [1.29, 1.82) is 0 Å². The van der Waals surface area contributed by atoms with Gasteiger partial charge in [-0.15, -0.1) is 0 Å². The summed E-state index contributed by atoms with van der Waals surface area (Å²) in [5, 5.41) is 0.679. The second-order valence-electron chi connectivity index (χ2n) is 6.60. The lowest BCUT2D eigenvalue weighted by Crippen LogP contribution is -2.41. The third-order valence-electron chi connectivity index (χ3n) is 4.21. The van der Waals surface area contributed by atoms with E-state index in [1.807, 2.05) is 6.07 Å². The maximum absolute atomic E-state index is 6.27. The highest BCUT2D eigenvalue weighted by molar-refractivity contribution is 6.74. The molecule has 0 spiro atoms. The van der Waals surface area contributed by atoms with E-state index in [0.29, 0.717) is 18.4 Å². The van der Waals surface area contributed by atoms with E-state index in [2.05, 4.69) is 38.8 Å². The van der Waals surface area contributed by atoms with Crippen LogP contribution in [0.5, 0.6) is 5.75 Å². The van der Waals surface area contributed by atoms with E-state index in [1.54, 1.807) is 6.20 Å². The van der Waals surface area contributed by atoms with E-state index in [1.165, 1.54) is 0 Å². The van der Waals surface area contributed by atoms with Gasteiger partial charge in [0.05, 0.1) is 6.61 Å². The average molecular weight is 300 g/mol. The van der Waals surface area contributed by atoms with Crippen LogP contribution in [0.1, 0.15) is 32.3 Å². The average Bonchev–Trinajstić information content (AvgIpc) is 2.70. The Morgan fingerprint density at radius 3 is 2.79 bits per heavy atom. The van der Waals surface area contributed by atoms with Gasteiger partial charge in [-0.25, -0.2) is 4.98 Å². The Hall–Kier alpha value is -0.583. The van der Waals surface area contributed by atoms with E-state index in [4.69, 9.17) is 20.8 Å². The minimum absolute atomic E-state index is 0.227. The molecule has 0 N–H and O–H groups in total. The zero-order chi connectivity index (χ0) is 14.3. The third-order valence-corrected chi connectivity index (χ3v) is 8.98. The third kappa shape index (κ3) is 2.96. The van der Waals surface area contributed by atoms with E-state index in [0.717, 1.165) is 11.3 Å². The van der Waals surface area contributed by atoms with E-state index < -0.39 is 8.32 Å². The molecule has 1 aliphatic rings. The molecule has 1 atom stereocenters. The van der Waals surface area contributed by atoms with Gasteiger partial charge in [0, 0.05) is 24.3 Å². The molecule has 0 fully saturated rings. The van der Waals surface area contributed by atoms with Crippen LogP contribution in [-0.4, -0.2) is 26.5 Å². The van der Waals surface area contributed by atoms with Crippen molar-refractivity contribution < 1.29 is 9.16 Å². The van der Waals surface area contributed by atoms with Crippen molar-refractivity contribution in [2.45, 2.75) is 44.8 Å². The summed E-state index contributed by atoms with van der Waals surface area (Å²) in [6.07, 6.45) is 1.73. The summed E-state index contributed by atoms with van der Waals surface area (Å²) in [6.45, 7) is 12.6. The number of pyridine rings is 1. The van der Waals surface area contributed by atoms with Crippen molar-refractivity contribution in [2.75, 3.05) is 13.2 Å². The van der Waals surface area contributed by atoms with Crippen LogP contribution in [-0.2, 0) is 4.43 Å². The van der Waals surface area contributed by atoms with Crippen LogP contribution >= 0.6 is 11.6 Å². The molecule has 1 unspecified atom stereocenters. The Labute approximate surface area is 121 Å². The Morgan fingerprint density at radius 2 is 2.16 bits per heavy atom. The molecule has 5 heteroatoms. The molecule has 1 aliphatic heterocycles. The van der Waals surface area contributed by atoms with Gasteiger partial charge >= 0.3 is 0 Å². The lowest BCUT2D eigenvalue weighted by atomic mass is 10.0. The van der Waals surface area contributed by atoms with Crippen molar-refractivity contribution in [3.63, 3.8) is 0 Å². The molecule has 3 nitrogen and oxygen atoms in total. The lowest BCUT2D eigenvalue weighted by molar-refractivity contribution is 0.232. The van der Waals surface area contributed by atoms with Crippen LogP contribution in [0.4, 0.5) is 0 Å². The Balaban J connectivity index is 2.07. The molecule has 0 aliphatic carbocycles. The zero-order valence-corrected chi connectivity index (χ0v) is 14.0. The SMILES string of the molecule is CC(C)(C)[Si](C)(C)OCC1COc2c1ccnc2Cl. The van der Waals surface area contributed by atoms with Crippen molar-refractivity contribution in [1.82, 2.24) is 4.98 Å². The molecule has 2 heterocycles. The van der Waals surface area contributed by atoms with Crippen LogP contribution in [0.15, 0.2) is 12.3 Å². The predicted molar refractivity (Wildman–Crippen MR) is 80.6 cm³/mol. The van der Waals surface area contributed by atoms with Crippen molar-refractivity contribution in [3.05, 3.63) is 23.0 Å². The number of nitrogens with zero attached hydrogens (tertiary/aromatic N) is 1. The number of hydrogen-bond acceptors (Lipinski definition) is 3. The van der Waals surface area contributed by atoms with Crippen molar-refractivity contribution in [3.8, 4) is 5.75 Å². The zero-order valence-electron chi connectivity index (χ0n) is 12.3. The van der Waals surface area contributed by atoms with Gasteiger partial charge in [0.2, 0.25) is 0 Å². The van der Waals surface area contributed by atoms with Crippen LogP contribution in [0.25, 0.3) is 0 Å². The first-order valence-electron chi connectivity index (χ1n) is 6.63. The highest BCUT2D eigenvalue weighted by atomic mass is 35.5. The quantitative estimate of drug-likeness (QED) is 0.618. The molecule has 0 bridgehead atoms. The Bertz CT molecular complexity index is 471. The van der Waals surface area contributed by atoms with Crippen molar-refractivity contribution >= 4 is 19.9 Å². The first-order valence-corrected chi connectivity index (χ1v) is 9.92. The second kappa shape index (κ2) is 5.07. The molecule has 0 saturated heterocycles. The minimum atomic E-state index is -1.71. The molecule has 0 radical (unpaired) electrons. The molecule has 2 rings (SSSR count). The number of aromatic nitrogens is 1. The molecule has 1 aromatic heterocycles. The highest BCUT2D eigenvalue weighted by Crippen LogP contribution is 2.41. The smallest absolute Gasteiger partial charge is 0.192 e. The summed E-state index contributed by atoms with van der Waals surface area (Å²) in [4.78, 5) is 4.04. The summed E-state index contributed by atoms with van der Waals surface area (Å²) in [5.74, 6) is 0.998. The first-order chi connectivity index (χ1) is 8.72. The van der Waals surface area contributed by atoms with Crippen LogP contribution in [0.3, 0.4) is 0 Å².